The standard InChI is InChI=1S/C17H19N5O4/c1-11-10-13(21-26-11)19-17(24)15-20-14(12-6-3-4-8-22(12)15)16(23)18-7-5-9-25-2/h3-4,6,8,10H,5,7,9H2,1-2H3,(H,18,23)(H,19,21,24). The molecule has 0 aliphatic rings. The zero-order valence-electron chi connectivity index (χ0n) is 14.5. The number of hydrogen-bond acceptors (Lipinski definition) is 6. The number of anilines is 1. The molecule has 0 aliphatic carbocycles. The van der Waals surface area contributed by atoms with Crippen LogP contribution in [-0.4, -0.2) is 46.6 Å². The number of nitrogens with one attached hydrogen (secondary N) is 2. The SMILES string of the molecule is COCCCNC(=O)c1nc(C(=O)Nc2cc(C)on2)n2ccccc12. The van der Waals surface area contributed by atoms with Crippen LogP contribution in [0.15, 0.2) is 35.0 Å². The number of imidazole rings is 1. The van der Waals surface area contributed by atoms with Crippen LogP contribution < -0.4 is 10.6 Å². The molecule has 0 radical (unpaired) electrons. The average molecular weight is 357 g/mol. The molecule has 2 N–H and O–H groups in total. The number of aromatic nitrogens is 3. The van der Waals surface area contributed by atoms with Crippen molar-refractivity contribution in [2.75, 3.05) is 25.6 Å². The third-order valence-electron chi connectivity index (χ3n) is 3.65. The molecule has 0 aromatic carbocycles. The monoisotopic (exact) mass is 357 g/mol. The van der Waals surface area contributed by atoms with E-state index < -0.39 is 5.91 Å². The normalized spacial score (nSPS) is 10.8. The van der Waals surface area contributed by atoms with Gasteiger partial charge in [-0.1, -0.05) is 11.2 Å². The van der Waals surface area contributed by atoms with Gasteiger partial charge >= 0.3 is 0 Å². The van der Waals surface area contributed by atoms with Gasteiger partial charge in [-0.25, -0.2) is 4.98 Å². The summed E-state index contributed by atoms with van der Waals surface area (Å²) in [7, 11) is 1.60. The second-order valence-electron chi connectivity index (χ2n) is 5.62. The number of rotatable bonds is 7. The van der Waals surface area contributed by atoms with E-state index in [-0.39, 0.29) is 23.2 Å². The molecule has 0 bridgehead atoms. The van der Waals surface area contributed by atoms with Gasteiger partial charge in [0.25, 0.3) is 11.8 Å². The highest BCUT2D eigenvalue weighted by Crippen LogP contribution is 2.15. The number of ether oxygens (including phenoxy) is 1. The van der Waals surface area contributed by atoms with Gasteiger partial charge in [-0.05, 0) is 25.5 Å². The summed E-state index contributed by atoms with van der Waals surface area (Å²) in [5.74, 6) is 0.109. The molecule has 3 aromatic rings. The molecule has 0 atom stereocenters. The first-order valence-electron chi connectivity index (χ1n) is 8.09. The van der Waals surface area contributed by atoms with Gasteiger partial charge in [0.15, 0.2) is 11.5 Å². The molecule has 0 spiro atoms. The number of hydrogen-bond donors (Lipinski definition) is 2. The molecule has 26 heavy (non-hydrogen) atoms. The van der Waals surface area contributed by atoms with Crippen LogP contribution in [0.25, 0.3) is 5.52 Å². The highest BCUT2D eigenvalue weighted by Gasteiger charge is 2.22. The lowest BCUT2D eigenvalue weighted by molar-refractivity contribution is 0.0946. The lowest BCUT2D eigenvalue weighted by Gasteiger charge is -2.02. The molecule has 9 heteroatoms. The van der Waals surface area contributed by atoms with Crippen molar-refractivity contribution in [1.82, 2.24) is 19.9 Å². The van der Waals surface area contributed by atoms with Crippen LogP contribution in [-0.2, 0) is 4.74 Å². The third-order valence-corrected chi connectivity index (χ3v) is 3.65. The van der Waals surface area contributed by atoms with E-state index in [0.29, 0.717) is 30.8 Å². The predicted octanol–water partition coefficient (Wildman–Crippen LogP) is 1.65. The van der Waals surface area contributed by atoms with Crippen LogP contribution in [0.4, 0.5) is 5.82 Å². The van der Waals surface area contributed by atoms with E-state index in [1.807, 2.05) is 0 Å². The topological polar surface area (TPSA) is 111 Å². The van der Waals surface area contributed by atoms with Crippen molar-refractivity contribution in [3.05, 3.63) is 47.7 Å². The molecule has 9 nitrogen and oxygen atoms in total. The zero-order valence-corrected chi connectivity index (χ0v) is 14.5. The molecule has 0 saturated carbocycles. The van der Waals surface area contributed by atoms with Crippen molar-refractivity contribution in [2.45, 2.75) is 13.3 Å². The van der Waals surface area contributed by atoms with Gasteiger partial charge in [-0.15, -0.1) is 0 Å². The van der Waals surface area contributed by atoms with E-state index in [2.05, 4.69) is 20.8 Å². The van der Waals surface area contributed by atoms with Crippen LogP contribution in [0.5, 0.6) is 0 Å². The third kappa shape index (κ3) is 3.72. The number of nitrogens with zero attached hydrogens (tertiary/aromatic N) is 3. The van der Waals surface area contributed by atoms with Gasteiger partial charge in [0.1, 0.15) is 5.76 Å². The fourth-order valence-electron chi connectivity index (χ4n) is 2.46. The zero-order chi connectivity index (χ0) is 18.5. The van der Waals surface area contributed by atoms with E-state index >= 15 is 0 Å². The Bertz CT molecular complexity index is 930. The van der Waals surface area contributed by atoms with Crippen LogP contribution in [0.2, 0.25) is 0 Å². The Morgan fingerprint density at radius 3 is 2.88 bits per heavy atom. The maximum absolute atomic E-state index is 12.5. The van der Waals surface area contributed by atoms with Crippen LogP contribution in [0.1, 0.15) is 33.3 Å². The number of pyridine rings is 1. The number of carbonyl (C=O) groups excluding carboxylic acids is 2. The van der Waals surface area contributed by atoms with Crippen LogP contribution in [0.3, 0.4) is 0 Å². The summed E-state index contributed by atoms with van der Waals surface area (Å²) in [6.07, 6.45) is 2.36. The first kappa shape index (κ1) is 17.6. The number of fused-ring (bicyclic) bond motifs is 1. The Balaban J connectivity index is 1.84. The highest BCUT2D eigenvalue weighted by molar-refractivity contribution is 6.05. The second-order valence-corrected chi connectivity index (χ2v) is 5.62. The van der Waals surface area contributed by atoms with Crippen molar-refractivity contribution in [3.63, 3.8) is 0 Å². The average Bonchev–Trinajstić information content (AvgIpc) is 3.22. The van der Waals surface area contributed by atoms with Crippen LogP contribution >= 0.6 is 0 Å². The van der Waals surface area contributed by atoms with Gasteiger partial charge in [-0.3, -0.25) is 14.0 Å². The molecule has 3 aromatic heterocycles. The van der Waals surface area contributed by atoms with E-state index in [4.69, 9.17) is 9.26 Å². The summed E-state index contributed by atoms with van der Waals surface area (Å²) in [4.78, 5) is 29.2. The van der Waals surface area contributed by atoms with Crippen molar-refractivity contribution in [3.8, 4) is 0 Å². The summed E-state index contributed by atoms with van der Waals surface area (Å²) in [6, 6.07) is 6.86. The smallest absolute Gasteiger partial charge is 0.293 e. The quantitative estimate of drug-likeness (QED) is 0.622. The van der Waals surface area contributed by atoms with Gasteiger partial charge in [0.05, 0.1) is 5.52 Å². The Labute approximate surface area is 149 Å². The summed E-state index contributed by atoms with van der Waals surface area (Å²) >= 11 is 0. The minimum absolute atomic E-state index is 0.0864. The molecular formula is C17H19N5O4. The molecule has 3 rings (SSSR count). The molecule has 0 saturated heterocycles. The summed E-state index contributed by atoms with van der Waals surface area (Å²) in [6.45, 7) is 2.73. The number of amides is 2. The summed E-state index contributed by atoms with van der Waals surface area (Å²) in [5, 5.41) is 9.11. The summed E-state index contributed by atoms with van der Waals surface area (Å²) < 4.78 is 11.4. The van der Waals surface area contributed by atoms with Crippen LogP contribution in [0, 0.1) is 6.92 Å². The van der Waals surface area contributed by atoms with Gasteiger partial charge in [0.2, 0.25) is 5.82 Å². The maximum Gasteiger partial charge on any atom is 0.293 e. The fraction of sp³-hybridized carbons (Fsp3) is 0.294. The lowest BCUT2D eigenvalue weighted by atomic mass is 10.3. The summed E-state index contributed by atoms with van der Waals surface area (Å²) in [5.41, 5.74) is 0.725. The maximum atomic E-state index is 12.5. The molecule has 0 aliphatic heterocycles. The fourth-order valence-corrected chi connectivity index (χ4v) is 2.46. The van der Waals surface area contributed by atoms with E-state index in [9.17, 15) is 9.59 Å². The van der Waals surface area contributed by atoms with E-state index in [1.54, 1.807) is 48.9 Å². The van der Waals surface area contributed by atoms with E-state index in [1.165, 1.54) is 0 Å². The molecule has 3 heterocycles. The first-order valence-corrected chi connectivity index (χ1v) is 8.09. The Hall–Kier alpha value is -3.20. The molecule has 0 unspecified atom stereocenters. The van der Waals surface area contributed by atoms with Gasteiger partial charge < -0.3 is 19.9 Å². The van der Waals surface area contributed by atoms with Crippen molar-refractivity contribution < 1.29 is 18.8 Å². The molecule has 0 fully saturated rings. The molecule has 136 valence electrons. The lowest BCUT2D eigenvalue weighted by Crippen LogP contribution is -2.26. The Morgan fingerprint density at radius 1 is 1.31 bits per heavy atom. The van der Waals surface area contributed by atoms with Gasteiger partial charge in [0, 0.05) is 32.5 Å². The minimum atomic E-state index is -0.488. The Kier molecular flexibility index (Phi) is 5.28. The second kappa shape index (κ2) is 7.79. The molecule has 2 amide bonds. The Morgan fingerprint density at radius 2 is 2.15 bits per heavy atom. The largest absolute Gasteiger partial charge is 0.385 e. The number of carbonyl (C=O) groups is 2. The van der Waals surface area contributed by atoms with Crippen molar-refractivity contribution in [2.24, 2.45) is 0 Å². The first-order chi connectivity index (χ1) is 12.6. The van der Waals surface area contributed by atoms with Crippen molar-refractivity contribution in [1.29, 1.82) is 0 Å². The van der Waals surface area contributed by atoms with E-state index in [0.717, 1.165) is 0 Å². The predicted molar refractivity (Wildman–Crippen MR) is 93.2 cm³/mol. The van der Waals surface area contributed by atoms with Gasteiger partial charge in [-0.2, -0.15) is 0 Å². The highest BCUT2D eigenvalue weighted by atomic mass is 16.5. The minimum Gasteiger partial charge on any atom is -0.385 e. The number of aryl methyl sites for hydroxylation is 1. The molecular weight excluding hydrogens is 338 g/mol. The number of methoxy groups -OCH3 is 1. The van der Waals surface area contributed by atoms with Crippen molar-refractivity contribution >= 4 is 23.1 Å².